The maximum Gasteiger partial charge on any atom is 0.435 e. The van der Waals surface area contributed by atoms with E-state index >= 15 is 0 Å². The van der Waals surface area contributed by atoms with Gasteiger partial charge in [-0.15, -0.1) is 21.5 Å². The molecule has 0 radical (unpaired) electrons. The Morgan fingerprint density at radius 3 is 2.71 bits per heavy atom. The highest BCUT2D eigenvalue weighted by Gasteiger charge is 2.36. The SMILES string of the molecule is COc1ccccc1-c1nnc(-c2cc(C(F)(F)F)nn2-c2csc(CNC(=O)[C@H](C)N)c2)o1. The molecule has 4 aromatic rings. The summed E-state index contributed by atoms with van der Waals surface area (Å²) in [4.78, 5) is 12.4. The number of aromatic nitrogens is 4. The van der Waals surface area contributed by atoms with Crippen molar-refractivity contribution in [2.75, 3.05) is 7.11 Å². The number of benzene rings is 1. The minimum Gasteiger partial charge on any atom is -0.496 e. The smallest absolute Gasteiger partial charge is 0.435 e. The average molecular weight is 492 g/mol. The molecule has 3 aromatic heterocycles. The molecular formula is C21H19F3N6O3S. The van der Waals surface area contributed by atoms with E-state index in [9.17, 15) is 18.0 Å². The molecule has 3 N–H and O–H groups in total. The Bertz CT molecular complexity index is 1310. The number of amides is 1. The van der Waals surface area contributed by atoms with Crippen molar-refractivity contribution in [1.82, 2.24) is 25.3 Å². The van der Waals surface area contributed by atoms with Gasteiger partial charge in [0, 0.05) is 16.3 Å². The number of nitrogens with one attached hydrogen (secondary N) is 1. The maximum absolute atomic E-state index is 13.5. The molecular weight excluding hydrogens is 473 g/mol. The fraction of sp³-hybridized carbons (Fsp3) is 0.238. The zero-order valence-electron chi connectivity index (χ0n) is 18.0. The first-order valence-electron chi connectivity index (χ1n) is 9.93. The van der Waals surface area contributed by atoms with Crippen LogP contribution in [0.3, 0.4) is 0 Å². The lowest BCUT2D eigenvalue weighted by atomic mass is 10.2. The molecule has 0 aliphatic heterocycles. The van der Waals surface area contributed by atoms with Crippen molar-refractivity contribution < 1.29 is 27.1 Å². The summed E-state index contributed by atoms with van der Waals surface area (Å²) < 4.78 is 52.4. The van der Waals surface area contributed by atoms with Crippen LogP contribution in [0.2, 0.25) is 0 Å². The quantitative estimate of drug-likeness (QED) is 0.404. The van der Waals surface area contributed by atoms with Gasteiger partial charge in [-0.25, -0.2) is 4.68 Å². The first kappa shape index (κ1) is 23.4. The molecule has 0 fully saturated rings. The monoisotopic (exact) mass is 492 g/mol. The number of halogens is 3. The summed E-state index contributed by atoms with van der Waals surface area (Å²) in [5.41, 5.74) is 5.21. The van der Waals surface area contributed by atoms with Crippen LogP contribution < -0.4 is 15.8 Å². The molecule has 178 valence electrons. The van der Waals surface area contributed by atoms with Gasteiger partial charge >= 0.3 is 6.18 Å². The molecule has 0 saturated carbocycles. The van der Waals surface area contributed by atoms with Gasteiger partial charge in [-0.2, -0.15) is 18.3 Å². The lowest BCUT2D eigenvalue weighted by Crippen LogP contribution is -2.37. The number of carbonyl (C=O) groups excluding carboxylic acids is 1. The number of hydrogen-bond donors (Lipinski definition) is 2. The van der Waals surface area contributed by atoms with E-state index in [2.05, 4.69) is 20.6 Å². The summed E-state index contributed by atoms with van der Waals surface area (Å²) in [7, 11) is 1.48. The number of alkyl halides is 3. The zero-order valence-corrected chi connectivity index (χ0v) is 18.8. The molecule has 0 aliphatic rings. The number of methoxy groups -OCH3 is 1. The highest BCUT2D eigenvalue weighted by Crippen LogP contribution is 2.35. The summed E-state index contributed by atoms with van der Waals surface area (Å²) in [6.07, 6.45) is -4.68. The van der Waals surface area contributed by atoms with Crippen molar-refractivity contribution >= 4 is 17.2 Å². The van der Waals surface area contributed by atoms with Crippen LogP contribution in [0.15, 0.2) is 46.2 Å². The van der Waals surface area contributed by atoms with Gasteiger partial charge in [-0.1, -0.05) is 12.1 Å². The second-order valence-corrected chi connectivity index (χ2v) is 8.21. The van der Waals surface area contributed by atoms with E-state index in [0.717, 1.165) is 10.7 Å². The zero-order chi connectivity index (χ0) is 24.5. The highest BCUT2D eigenvalue weighted by atomic mass is 32.1. The first-order valence-corrected chi connectivity index (χ1v) is 10.8. The van der Waals surface area contributed by atoms with Gasteiger partial charge in [0.2, 0.25) is 5.91 Å². The van der Waals surface area contributed by atoms with Gasteiger partial charge in [0.1, 0.15) is 11.4 Å². The molecule has 0 saturated heterocycles. The van der Waals surface area contributed by atoms with Crippen molar-refractivity contribution in [3.05, 3.63) is 52.3 Å². The Balaban J connectivity index is 1.70. The second-order valence-electron chi connectivity index (χ2n) is 7.21. The predicted molar refractivity (Wildman–Crippen MR) is 117 cm³/mol. The first-order chi connectivity index (χ1) is 16.2. The topological polar surface area (TPSA) is 121 Å². The van der Waals surface area contributed by atoms with Crippen LogP contribution in [0, 0.1) is 0 Å². The number of nitrogens with zero attached hydrogens (tertiary/aromatic N) is 4. The summed E-state index contributed by atoms with van der Waals surface area (Å²) in [5.74, 6) is 0.0580. The van der Waals surface area contributed by atoms with E-state index in [1.165, 1.54) is 18.4 Å². The Morgan fingerprint density at radius 1 is 1.26 bits per heavy atom. The van der Waals surface area contributed by atoms with Gasteiger partial charge < -0.3 is 20.2 Å². The van der Waals surface area contributed by atoms with Crippen LogP contribution in [0.4, 0.5) is 13.2 Å². The van der Waals surface area contributed by atoms with E-state index in [4.69, 9.17) is 14.9 Å². The fourth-order valence-electron chi connectivity index (χ4n) is 3.03. The predicted octanol–water partition coefficient (Wildman–Crippen LogP) is 3.64. The molecule has 4 rings (SSSR count). The molecule has 0 aliphatic carbocycles. The van der Waals surface area contributed by atoms with Gasteiger partial charge in [-0.3, -0.25) is 4.79 Å². The van der Waals surface area contributed by atoms with Crippen LogP contribution in [-0.2, 0) is 17.5 Å². The summed E-state index contributed by atoms with van der Waals surface area (Å²) in [6.45, 7) is 1.72. The Labute approximate surface area is 195 Å². The summed E-state index contributed by atoms with van der Waals surface area (Å²) in [5, 5.41) is 15.9. The van der Waals surface area contributed by atoms with Crippen molar-refractivity contribution in [3.8, 4) is 34.5 Å². The number of carbonyl (C=O) groups is 1. The average Bonchev–Trinajstić information content (AvgIpc) is 3.55. The van der Waals surface area contributed by atoms with Gasteiger partial charge in [0.05, 0.1) is 30.9 Å². The van der Waals surface area contributed by atoms with Crippen molar-refractivity contribution in [2.24, 2.45) is 5.73 Å². The van der Waals surface area contributed by atoms with E-state index in [0.29, 0.717) is 21.9 Å². The van der Waals surface area contributed by atoms with E-state index in [1.54, 1.807) is 42.6 Å². The minimum absolute atomic E-state index is 0.0371. The van der Waals surface area contributed by atoms with E-state index < -0.39 is 17.9 Å². The van der Waals surface area contributed by atoms with Crippen LogP contribution in [0.25, 0.3) is 28.7 Å². The molecule has 13 heteroatoms. The number of nitrogens with two attached hydrogens (primary N) is 1. The lowest BCUT2D eigenvalue weighted by Gasteiger charge is -2.06. The van der Waals surface area contributed by atoms with Gasteiger partial charge in [0.25, 0.3) is 11.8 Å². The van der Waals surface area contributed by atoms with Crippen LogP contribution in [0.5, 0.6) is 5.75 Å². The van der Waals surface area contributed by atoms with Gasteiger partial charge in [0.15, 0.2) is 5.69 Å². The number of hydrogen-bond acceptors (Lipinski definition) is 8. The number of para-hydroxylation sites is 1. The summed E-state index contributed by atoms with van der Waals surface area (Å²) >= 11 is 1.24. The number of thiophene rings is 1. The Hall–Kier alpha value is -3.71. The normalized spacial score (nSPS) is 12.5. The summed E-state index contributed by atoms with van der Waals surface area (Å²) in [6, 6.07) is 8.66. The molecule has 0 spiro atoms. The maximum atomic E-state index is 13.5. The van der Waals surface area contributed by atoms with Crippen molar-refractivity contribution in [3.63, 3.8) is 0 Å². The molecule has 0 bridgehead atoms. The van der Waals surface area contributed by atoms with Crippen LogP contribution in [-0.4, -0.2) is 39.0 Å². The standard InChI is InChI=1S/C21H19F3N6O3S/c1-11(25)18(31)26-9-13-7-12(10-34-13)30-15(8-17(29-30)21(22,23)24)20-28-27-19(33-20)14-5-3-4-6-16(14)32-2/h3-8,10-11H,9,25H2,1-2H3,(H,26,31)/t11-/m0/s1. The van der Waals surface area contributed by atoms with E-state index in [-0.39, 0.29) is 29.9 Å². The largest absolute Gasteiger partial charge is 0.496 e. The highest BCUT2D eigenvalue weighted by molar-refractivity contribution is 7.10. The number of ether oxygens (including phenoxy) is 1. The van der Waals surface area contributed by atoms with Gasteiger partial charge in [-0.05, 0) is 25.1 Å². The third-order valence-corrected chi connectivity index (χ3v) is 5.64. The molecule has 34 heavy (non-hydrogen) atoms. The minimum atomic E-state index is -4.68. The fourth-order valence-corrected chi connectivity index (χ4v) is 3.82. The second kappa shape index (κ2) is 9.27. The van der Waals surface area contributed by atoms with Crippen LogP contribution >= 0.6 is 11.3 Å². The van der Waals surface area contributed by atoms with E-state index in [1.807, 2.05) is 0 Å². The van der Waals surface area contributed by atoms with Crippen molar-refractivity contribution in [2.45, 2.75) is 25.7 Å². The Morgan fingerprint density at radius 2 is 2.00 bits per heavy atom. The Kier molecular flexibility index (Phi) is 6.39. The van der Waals surface area contributed by atoms with Crippen LogP contribution in [0.1, 0.15) is 17.5 Å². The third kappa shape index (κ3) is 4.79. The molecule has 0 unspecified atom stereocenters. The lowest BCUT2D eigenvalue weighted by molar-refractivity contribution is -0.141. The molecule has 1 aromatic carbocycles. The number of rotatable bonds is 7. The molecule has 9 nitrogen and oxygen atoms in total. The molecule has 3 heterocycles. The van der Waals surface area contributed by atoms with Crippen molar-refractivity contribution in [1.29, 1.82) is 0 Å². The third-order valence-electron chi connectivity index (χ3n) is 4.72. The molecule has 1 amide bonds. The molecule has 1 atom stereocenters.